The van der Waals surface area contributed by atoms with Crippen molar-refractivity contribution in [2.45, 2.75) is 86.2 Å². The van der Waals surface area contributed by atoms with Crippen molar-refractivity contribution in [2.24, 2.45) is 17.8 Å². The van der Waals surface area contributed by atoms with E-state index in [1.807, 2.05) is 0 Å². The molecule has 4 aliphatic rings. The lowest BCUT2D eigenvalue weighted by Gasteiger charge is -2.55. The fourth-order valence-corrected chi connectivity index (χ4v) is 8.51. The first kappa shape index (κ1) is 31.3. The zero-order chi connectivity index (χ0) is 29.0. The van der Waals surface area contributed by atoms with Crippen LogP contribution in [0.15, 0.2) is 0 Å². The molecule has 1 unspecified atom stereocenters. The number of carbonyl (C=O) groups is 1. The Morgan fingerprint density at radius 2 is 1.39 bits per heavy atom. The van der Waals surface area contributed by atoms with Gasteiger partial charge in [-0.15, -0.1) is 0 Å². The number of ether oxygens (including phenoxy) is 2. The van der Waals surface area contributed by atoms with Gasteiger partial charge in [-0.1, -0.05) is 0 Å². The first-order chi connectivity index (χ1) is 17.1. The van der Waals surface area contributed by atoms with Crippen LogP contribution in [0.4, 0.5) is 30.7 Å². The second-order valence-corrected chi connectivity index (χ2v) is 13.5. The molecule has 0 amide bonds. The number of alkyl halides is 7. The second-order valence-electron chi connectivity index (χ2n) is 10.1. The molecule has 4 aliphatic carbocycles. The fraction of sp³-hybridized carbons (Fsp3) is 0.950. The number of rotatable bonds is 12. The van der Waals surface area contributed by atoms with Crippen molar-refractivity contribution in [2.75, 3.05) is 13.2 Å². The van der Waals surface area contributed by atoms with Crippen LogP contribution in [0.1, 0.15) is 58.3 Å². The van der Waals surface area contributed by atoms with E-state index in [0.717, 1.165) is 6.92 Å². The monoisotopic (exact) mass is 608 g/mol. The van der Waals surface area contributed by atoms with Crippen molar-refractivity contribution in [1.29, 1.82) is 0 Å². The Labute approximate surface area is 214 Å². The van der Waals surface area contributed by atoms with Gasteiger partial charge < -0.3 is 9.47 Å². The Bertz CT molecular complexity index is 1090. The number of hydrogen-bond donors (Lipinski definition) is 1. The van der Waals surface area contributed by atoms with Gasteiger partial charge in [-0.05, 0) is 69.6 Å². The Morgan fingerprint density at radius 1 is 0.921 bits per heavy atom. The summed E-state index contributed by atoms with van der Waals surface area (Å²) >= 11 is 0. The van der Waals surface area contributed by atoms with Gasteiger partial charge in [0, 0.05) is 6.42 Å². The molecular formula is C20H27F7O9S2. The van der Waals surface area contributed by atoms with Crippen LogP contribution in [0.3, 0.4) is 0 Å². The first-order valence-electron chi connectivity index (χ1n) is 11.7. The molecule has 4 bridgehead atoms. The van der Waals surface area contributed by atoms with E-state index in [0.29, 0.717) is 19.3 Å². The lowest BCUT2D eigenvalue weighted by atomic mass is 9.56. The molecule has 1 atom stereocenters. The smallest absolute Gasteiger partial charge is 0.456 e. The molecule has 9 nitrogen and oxygen atoms in total. The highest BCUT2D eigenvalue weighted by atomic mass is 32.2. The van der Waals surface area contributed by atoms with Crippen molar-refractivity contribution in [3.63, 3.8) is 0 Å². The van der Waals surface area contributed by atoms with Gasteiger partial charge in [-0.2, -0.15) is 47.6 Å². The summed E-state index contributed by atoms with van der Waals surface area (Å²) in [6.45, 7) is -1.21. The maximum absolute atomic E-state index is 14.3. The summed E-state index contributed by atoms with van der Waals surface area (Å²) in [6, 6.07) is 0. The Kier molecular flexibility index (Phi) is 8.23. The summed E-state index contributed by atoms with van der Waals surface area (Å²) in [4.78, 5) is 12.5. The lowest BCUT2D eigenvalue weighted by Crippen LogP contribution is -2.62. The van der Waals surface area contributed by atoms with Crippen molar-refractivity contribution in [1.82, 2.24) is 0 Å². The highest BCUT2D eigenvalue weighted by Gasteiger charge is 2.71. The second kappa shape index (κ2) is 9.99. The molecular weight excluding hydrogens is 581 g/mol. The highest BCUT2D eigenvalue weighted by Crippen LogP contribution is 2.59. The predicted molar refractivity (Wildman–Crippen MR) is 113 cm³/mol. The molecule has 0 aromatic rings. The normalized spacial score (nSPS) is 29.8. The minimum absolute atomic E-state index is 0.00393. The van der Waals surface area contributed by atoms with Gasteiger partial charge in [0.2, 0.25) is 0 Å². The summed E-state index contributed by atoms with van der Waals surface area (Å²) in [6.07, 6.45) is -7.40. The minimum atomic E-state index is -6.60. The maximum Gasteiger partial charge on any atom is 0.456 e. The van der Waals surface area contributed by atoms with Crippen molar-refractivity contribution in [3.8, 4) is 0 Å². The molecule has 0 aromatic carbocycles. The number of halogens is 7. The zero-order valence-electron chi connectivity index (χ0n) is 20.0. The average molecular weight is 609 g/mol. The quantitative estimate of drug-likeness (QED) is 0.0871. The standard InChI is InChI=1S/C20H27F7O9S2/c1-2-34-15(28)18(19(23,24)25,35-5-3-4-17(21,22)20(26,27)37(29,30)31)36-38(32,33)16-9-12-6-13(10-16)8-14(7-12)11-16/h12-14H,2-11H2,1H3,(H,29,30,31). The third-order valence-corrected chi connectivity index (χ3v) is 10.3. The highest BCUT2D eigenvalue weighted by molar-refractivity contribution is 7.88. The van der Waals surface area contributed by atoms with Gasteiger partial charge in [-0.3, -0.25) is 4.55 Å². The van der Waals surface area contributed by atoms with Crippen LogP contribution in [0.5, 0.6) is 0 Å². The SMILES string of the molecule is CCOC(=O)C(OCCCC(F)(F)C(F)(F)S(=O)(=O)O)(OS(=O)(=O)C12CC3CC(CC(C3)C1)C2)C(F)(F)F. The number of carbonyl (C=O) groups excluding carboxylic acids is 1. The molecule has 0 saturated heterocycles. The Hall–Kier alpha value is -1.24. The fourth-order valence-electron chi connectivity index (χ4n) is 6.01. The number of hydrogen-bond acceptors (Lipinski definition) is 8. The zero-order valence-corrected chi connectivity index (χ0v) is 21.6. The summed E-state index contributed by atoms with van der Waals surface area (Å²) in [5.74, 6) is -12.7. The van der Waals surface area contributed by atoms with Crippen LogP contribution in [-0.4, -0.2) is 68.5 Å². The van der Waals surface area contributed by atoms with Gasteiger partial charge in [0.25, 0.3) is 10.1 Å². The Balaban J connectivity index is 1.87. The van der Waals surface area contributed by atoms with Crippen LogP contribution in [0, 0.1) is 17.8 Å². The molecule has 38 heavy (non-hydrogen) atoms. The van der Waals surface area contributed by atoms with E-state index in [4.69, 9.17) is 4.55 Å². The summed E-state index contributed by atoms with van der Waals surface area (Å²) < 4.78 is 165. The van der Waals surface area contributed by atoms with E-state index in [-0.39, 0.29) is 37.0 Å². The van der Waals surface area contributed by atoms with E-state index < -0.39 is 80.1 Å². The molecule has 0 aromatic heterocycles. The molecule has 4 fully saturated rings. The molecule has 0 heterocycles. The first-order valence-corrected chi connectivity index (χ1v) is 14.5. The van der Waals surface area contributed by atoms with Crippen LogP contribution in [0.2, 0.25) is 0 Å². The average Bonchev–Trinajstić information content (AvgIpc) is 2.73. The topological polar surface area (TPSA) is 133 Å². The Morgan fingerprint density at radius 3 is 1.79 bits per heavy atom. The summed E-state index contributed by atoms with van der Waals surface area (Å²) in [7, 11) is -11.8. The third kappa shape index (κ3) is 5.39. The van der Waals surface area contributed by atoms with Crippen molar-refractivity contribution >= 4 is 26.2 Å². The molecule has 18 heteroatoms. The van der Waals surface area contributed by atoms with Crippen molar-refractivity contribution in [3.05, 3.63) is 0 Å². The van der Waals surface area contributed by atoms with E-state index >= 15 is 0 Å². The third-order valence-electron chi connectivity index (χ3n) is 7.35. The molecule has 0 aliphatic heterocycles. The molecule has 1 N–H and O–H groups in total. The van der Waals surface area contributed by atoms with Gasteiger partial charge in [0.1, 0.15) is 0 Å². The summed E-state index contributed by atoms with van der Waals surface area (Å²) in [5, 5.41) is -5.99. The van der Waals surface area contributed by atoms with Crippen LogP contribution in [-0.2, 0) is 38.7 Å². The molecule has 4 rings (SSSR count). The van der Waals surface area contributed by atoms with Gasteiger partial charge in [0.05, 0.1) is 18.0 Å². The number of esters is 1. The van der Waals surface area contributed by atoms with Crippen LogP contribution >= 0.6 is 0 Å². The van der Waals surface area contributed by atoms with E-state index in [1.54, 1.807) is 0 Å². The lowest BCUT2D eigenvalue weighted by molar-refractivity contribution is -0.341. The van der Waals surface area contributed by atoms with Crippen LogP contribution in [0.25, 0.3) is 0 Å². The minimum Gasteiger partial charge on any atom is -0.462 e. The van der Waals surface area contributed by atoms with E-state index in [2.05, 4.69) is 13.7 Å². The molecule has 222 valence electrons. The molecule has 0 radical (unpaired) electrons. The van der Waals surface area contributed by atoms with Crippen LogP contribution < -0.4 is 0 Å². The van der Waals surface area contributed by atoms with Gasteiger partial charge >= 0.3 is 39.2 Å². The maximum atomic E-state index is 14.3. The molecule has 4 saturated carbocycles. The van der Waals surface area contributed by atoms with Crippen molar-refractivity contribution < 1.29 is 70.6 Å². The molecule has 0 spiro atoms. The predicted octanol–water partition coefficient (Wildman–Crippen LogP) is 4.04. The summed E-state index contributed by atoms with van der Waals surface area (Å²) in [5.41, 5.74) is 0. The van der Waals surface area contributed by atoms with Gasteiger partial charge in [-0.25, -0.2) is 8.98 Å². The van der Waals surface area contributed by atoms with E-state index in [1.165, 1.54) is 0 Å². The van der Waals surface area contributed by atoms with E-state index in [9.17, 15) is 52.4 Å². The van der Waals surface area contributed by atoms with Gasteiger partial charge in [0.15, 0.2) is 0 Å². The largest absolute Gasteiger partial charge is 0.462 e.